The third-order valence-electron chi connectivity index (χ3n) is 3.93. The Hall–Kier alpha value is -1.62. The predicted molar refractivity (Wildman–Crippen MR) is 80.5 cm³/mol. The number of hydrogen-bond donors (Lipinski definition) is 2. The molecule has 1 amide bonds. The van der Waals surface area contributed by atoms with E-state index >= 15 is 0 Å². The number of amides is 1. The van der Waals surface area contributed by atoms with Gasteiger partial charge < -0.3 is 11.1 Å². The summed E-state index contributed by atoms with van der Waals surface area (Å²) < 4.78 is 14.1. The average molecular weight is 292 g/mol. The van der Waals surface area contributed by atoms with E-state index in [4.69, 9.17) is 5.73 Å². The molecule has 5 heteroatoms. The Bertz CT molecular complexity index is 688. The van der Waals surface area contributed by atoms with Crippen molar-refractivity contribution in [1.29, 1.82) is 0 Å². The van der Waals surface area contributed by atoms with Crippen LogP contribution >= 0.6 is 11.3 Å². The topological polar surface area (TPSA) is 55.1 Å². The highest BCUT2D eigenvalue weighted by atomic mass is 32.1. The fourth-order valence-corrected chi connectivity index (χ4v) is 3.51. The van der Waals surface area contributed by atoms with E-state index in [9.17, 15) is 9.18 Å². The van der Waals surface area contributed by atoms with Gasteiger partial charge in [-0.15, -0.1) is 11.3 Å². The van der Waals surface area contributed by atoms with Gasteiger partial charge in [-0.3, -0.25) is 4.79 Å². The van der Waals surface area contributed by atoms with Crippen LogP contribution in [0.1, 0.15) is 36.4 Å². The molecule has 1 aliphatic carbocycles. The number of fused-ring (bicyclic) bond motifs is 1. The summed E-state index contributed by atoms with van der Waals surface area (Å²) in [4.78, 5) is 12.9. The maximum atomic E-state index is 13.3. The fraction of sp³-hybridized carbons (Fsp3) is 0.400. The number of nitrogen functional groups attached to an aromatic ring is 1. The van der Waals surface area contributed by atoms with Gasteiger partial charge in [0.1, 0.15) is 10.7 Å². The SMILES string of the molecule is CC(C)(NC(=O)c1sc2ccc(F)cc2c1N)C1CC1. The summed E-state index contributed by atoms with van der Waals surface area (Å²) in [7, 11) is 0. The molecule has 1 aliphatic rings. The fourth-order valence-electron chi connectivity index (χ4n) is 2.51. The summed E-state index contributed by atoms with van der Waals surface area (Å²) in [6, 6.07) is 4.42. The van der Waals surface area contributed by atoms with Gasteiger partial charge in [0, 0.05) is 15.6 Å². The minimum atomic E-state index is -0.340. The summed E-state index contributed by atoms with van der Waals surface area (Å²) in [5.74, 6) is 0.0350. The van der Waals surface area contributed by atoms with Crippen molar-refractivity contribution < 1.29 is 9.18 Å². The zero-order valence-electron chi connectivity index (χ0n) is 11.5. The Labute approximate surface area is 121 Å². The molecule has 0 spiro atoms. The number of carbonyl (C=O) groups excluding carboxylic acids is 1. The largest absolute Gasteiger partial charge is 0.397 e. The van der Waals surface area contributed by atoms with Crippen LogP contribution in [0, 0.1) is 11.7 Å². The highest BCUT2D eigenvalue weighted by molar-refractivity contribution is 7.21. The number of hydrogen-bond acceptors (Lipinski definition) is 3. The number of rotatable bonds is 3. The van der Waals surface area contributed by atoms with E-state index in [1.807, 2.05) is 13.8 Å². The first-order valence-electron chi connectivity index (χ1n) is 6.68. The van der Waals surface area contributed by atoms with Gasteiger partial charge in [-0.2, -0.15) is 0 Å². The molecular weight excluding hydrogens is 275 g/mol. The molecule has 0 bridgehead atoms. The van der Waals surface area contributed by atoms with Crippen molar-refractivity contribution in [2.75, 3.05) is 5.73 Å². The summed E-state index contributed by atoms with van der Waals surface area (Å²) in [6.45, 7) is 4.07. The van der Waals surface area contributed by atoms with Gasteiger partial charge in [-0.1, -0.05) is 0 Å². The van der Waals surface area contributed by atoms with Crippen molar-refractivity contribution in [3.63, 3.8) is 0 Å². The third-order valence-corrected chi connectivity index (χ3v) is 5.11. The molecule has 0 atom stereocenters. The summed E-state index contributed by atoms with van der Waals surface area (Å²) >= 11 is 1.31. The summed E-state index contributed by atoms with van der Waals surface area (Å²) in [5.41, 5.74) is 6.15. The van der Waals surface area contributed by atoms with Crippen molar-refractivity contribution in [3.8, 4) is 0 Å². The van der Waals surface area contributed by atoms with E-state index in [-0.39, 0.29) is 17.3 Å². The first kappa shape index (κ1) is 13.4. The highest BCUT2D eigenvalue weighted by Gasteiger charge is 2.39. The molecule has 1 fully saturated rings. The van der Waals surface area contributed by atoms with Crippen molar-refractivity contribution >= 4 is 33.0 Å². The van der Waals surface area contributed by atoms with Gasteiger partial charge in [0.15, 0.2) is 0 Å². The maximum absolute atomic E-state index is 13.3. The minimum Gasteiger partial charge on any atom is -0.397 e. The van der Waals surface area contributed by atoms with Gasteiger partial charge in [-0.25, -0.2) is 4.39 Å². The van der Waals surface area contributed by atoms with Gasteiger partial charge in [0.2, 0.25) is 0 Å². The molecule has 3 rings (SSSR count). The molecular formula is C15H17FN2OS. The van der Waals surface area contributed by atoms with Crippen LogP contribution in [0.25, 0.3) is 10.1 Å². The van der Waals surface area contributed by atoms with Crippen LogP contribution in [0.15, 0.2) is 18.2 Å². The molecule has 0 unspecified atom stereocenters. The lowest BCUT2D eigenvalue weighted by atomic mass is 9.98. The van der Waals surface area contributed by atoms with E-state index in [0.717, 1.165) is 17.5 Å². The third kappa shape index (κ3) is 2.26. The van der Waals surface area contributed by atoms with E-state index in [0.29, 0.717) is 21.9 Å². The second kappa shape index (κ2) is 4.45. The Morgan fingerprint density at radius 1 is 1.45 bits per heavy atom. The smallest absolute Gasteiger partial charge is 0.263 e. The van der Waals surface area contributed by atoms with E-state index in [1.54, 1.807) is 6.07 Å². The standard InChI is InChI=1S/C15H17FN2OS/c1-15(2,8-3-4-8)18-14(19)13-12(17)10-7-9(16)5-6-11(10)20-13/h5-8H,3-4,17H2,1-2H3,(H,18,19). The number of halogens is 1. The van der Waals surface area contributed by atoms with Gasteiger partial charge in [0.25, 0.3) is 5.91 Å². The van der Waals surface area contributed by atoms with Crippen LogP contribution in [0.4, 0.5) is 10.1 Å². The predicted octanol–water partition coefficient (Wildman–Crippen LogP) is 3.54. The van der Waals surface area contributed by atoms with Crippen molar-refractivity contribution in [2.24, 2.45) is 5.92 Å². The summed E-state index contributed by atoms with van der Waals surface area (Å²) in [6.07, 6.45) is 2.31. The Kier molecular flexibility index (Phi) is 2.97. The van der Waals surface area contributed by atoms with Crippen LogP contribution in [-0.4, -0.2) is 11.4 Å². The second-order valence-electron chi connectivity index (χ2n) is 5.94. The number of thiophene rings is 1. The number of nitrogens with two attached hydrogens (primary N) is 1. The number of anilines is 1. The molecule has 106 valence electrons. The van der Waals surface area contributed by atoms with Gasteiger partial charge >= 0.3 is 0 Å². The van der Waals surface area contributed by atoms with Crippen LogP contribution in [0.5, 0.6) is 0 Å². The monoisotopic (exact) mass is 292 g/mol. The van der Waals surface area contributed by atoms with E-state index < -0.39 is 0 Å². The molecule has 1 aromatic carbocycles. The Balaban J connectivity index is 1.93. The highest BCUT2D eigenvalue weighted by Crippen LogP contribution is 2.40. The van der Waals surface area contributed by atoms with Crippen LogP contribution < -0.4 is 11.1 Å². The number of nitrogens with one attached hydrogen (secondary N) is 1. The number of benzene rings is 1. The molecule has 1 heterocycles. The first-order chi connectivity index (χ1) is 9.38. The van der Waals surface area contributed by atoms with Crippen molar-refractivity contribution in [3.05, 3.63) is 28.9 Å². The lowest BCUT2D eigenvalue weighted by Crippen LogP contribution is -2.45. The van der Waals surface area contributed by atoms with Crippen LogP contribution in [0.2, 0.25) is 0 Å². The summed E-state index contributed by atoms with van der Waals surface area (Å²) in [5, 5.41) is 3.66. The van der Waals surface area contributed by atoms with E-state index in [2.05, 4.69) is 5.32 Å². The van der Waals surface area contributed by atoms with Crippen LogP contribution in [-0.2, 0) is 0 Å². The van der Waals surface area contributed by atoms with E-state index in [1.165, 1.54) is 23.5 Å². The zero-order chi connectivity index (χ0) is 14.5. The molecule has 2 aromatic rings. The Morgan fingerprint density at radius 2 is 2.15 bits per heavy atom. The first-order valence-corrected chi connectivity index (χ1v) is 7.50. The van der Waals surface area contributed by atoms with Crippen LogP contribution in [0.3, 0.4) is 0 Å². The second-order valence-corrected chi connectivity index (χ2v) is 6.99. The molecule has 0 radical (unpaired) electrons. The molecule has 0 aliphatic heterocycles. The molecule has 20 heavy (non-hydrogen) atoms. The molecule has 3 nitrogen and oxygen atoms in total. The maximum Gasteiger partial charge on any atom is 0.263 e. The Morgan fingerprint density at radius 3 is 2.80 bits per heavy atom. The van der Waals surface area contributed by atoms with Crippen molar-refractivity contribution in [2.45, 2.75) is 32.2 Å². The van der Waals surface area contributed by atoms with Crippen molar-refractivity contribution in [1.82, 2.24) is 5.32 Å². The van der Waals surface area contributed by atoms with Gasteiger partial charge in [-0.05, 0) is 50.8 Å². The lowest BCUT2D eigenvalue weighted by molar-refractivity contribution is 0.0908. The minimum absolute atomic E-state index is 0.166. The lowest BCUT2D eigenvalue weighted by Gasteiger charge is -2.25. The molecule has 1 aromatic heterocycles. The zero-order valence-corrected chi connectivity index (χ0v) is 12.3. The number of carbonyl (C=O) groups is 1. The molecule has 3 N–H and O–H groups in total. The average Bonchev–Trinajstić information content (AvgIpc) is 3.16. The molecule has 1 saturated carbocycles. The van der Waals surface area contributed by atoms with Gasteiger partial charge in [0.05, 0.1) is 5.69 Å². The normalized spacial score (nSPS) is 15.6. The quantitative estimate of drug-likeness (QED) is 0.909. The molecule has 0 saturated heterocycles.